The van der Waals surface area contributed by atoms with E-state index in [1.165, 1.54) is 29.8 Å². The van der Waals surface area contributed by atoms with Crippen molar-refractivity contribution in [3.63, 3.8) is 0 Å². The number of carbonyl (C=O) groups excluding carboxylic acids is 3. The second-order valence-corrected chi connectivity index (χ2v) is 14.3. The smallest absolute Gasteiger partial charge is 0.340 e. The maximum atomic E-state index is 13.0. The number of hydrogen-bond acceptors (Lipinski definition) is 9. The van der Waals surface area contributed by atoms with E-state index in [0.717, 1.165) is 23.6 Å². The zero-order chi connectivity index (χ0) is 37.2. The van der Waals surface area contributed by atoms with Crippen LogP contribution in [0.15, 0.2) is 97.1 Å². The van der Waals surface area contributed by atoms with Gasteiger partial charge in [-0.2, -0.15) is 0 Å². The van der Waals surface area contributed by atoms with E-state index in [2.05, 4.69) is 19.9 Å². The number of phenols is 2. The monoisotopic (exact) mass is 712 g/mol. The van der Waals surface area contributed by atoms with Gasteiger partial charge in [-0.25, -0.2) is 9.59 Å². The second-order valence-electron chi connectivity index (χ2n) is 14.3. The van der Waals surface area contributed by atoms with Crippen LogP contribution in [-0.2, 0) is 24.6 Å². The van der Waals surface area contributed by atoms with Gasteiger partial charge in [-0.15, -0.1) is 0 Å². The lowest BCUT2D eigenvalue weighted by Crippen LogP contribution is -2.36. The average Bonchev–Trinajstić information content (AvgIpc) is 3.87. The Morgan fingerprint density at radius 2 is 1.43 bits per heavy atom. The molecule has 2 aliphatic carbocycles. The maximum absolute atomic E-state index is 13.0. The molecule has 5 unspecified atom stereocenters. The Hall–Kier alpha value is -5.83. The number of esters is 3. The Bertz CT molecular complexity index is 2240. The molecule has 9 nitrogen and oxygen atoms in total. The van der Waals surface area contributed by atoms with Gasteiger partial charge in [0.1, 0.15) is 35.2 Å². The van der Waals surface area contributed by atoms with Crippen molar-refractivity contribution < 1.29 is 43.5 Å². The van der Waals surface area contributed by atoms with Crippen LogP contribution in [0.25, 0.3) is 10.8 Å². The molecule has 2 saturated carbocycles. The predicted octanol–water partition coefficient (Wildman–Crippen LogP) is 8.76. The summed E-state index contributed by atoms with van der Waals surface area (Å²) in [7, 11) is 0. The van der Waals surface area contributed by atoms with Crippen LogP contribution >= 0.6 is 0 Å². The van der Waals surface area contributed by atoms with E-state index in [1.807, 2.05) is 56.3 Å². The molecular weight excluding hydrogens is 672 g/mol. The zero-order valence-corrected chi connectivity index (χ0v) is 29.9. The standard InChI is InChI=1S/C22H22O4.C20H12O5.C2H6/c1-11(2)13-7-8-16(15-6-4-3-5-14(13)15)21(23)25-19-12-9-17-18(10-12)22(24)26-20(17)19;21-11-5-7-15-17(9-11)24-18-10-12(22)6-8-16(18)20(15)14-4-2-1-3-13(14)19(23)25-20;1-2/h3-8,11-12,17-20H,9-10H2,1-2H3;1-10,21-22H;1-2H3. The van der Waals surface area contributed by atoms with Gasteiger partial charge in [-0.05, 0) is 71.5 Å². The van der Waals surface area contributed by atoms with Gasteiger partial charge in [0.05, 0.1) is 17.0 Å². The Morgan fingerprint density at radius 3 is 2.11 bits per heavy atom. The predicted molar refractivity (Wildman–Crippen MR) is 196 cm³/mol. The molecule has 10 rings (SSSR count). The first-order valence-corrected chi connectivity index (χ1v) is 18.2. The van der Waals surface area contributed by atoms with E-state index in [-0.39, 0.29) is 53.4 Å². The summed E-state index contributed by atoms with van der Waals surface area (Å²) in [5.74, 6) is 0.903. The fourth-order valence-electron chi connectivity index (χ4n) is 8.91. The third kappa shape index (κ3) is 5.32. The molecule has 0 amide bonds. The molecule has 3 heterocycles. The van der Waals surface area contributed by atoms with Crippen LogP contribution in [0.4, 0.5) is 0 Å². The molecular formula is C44H40O9. The summed E-state index contributed by atoms with van der Waals surface area (Å²) in [6.07, 6.45) is 1.20. The highest BCUT2D eigenvalue weighted by atomic mass is 16.6. The molecule has 5 aromatic carbocycles. The number of aromatic hydroxyl groups is 2. The maximum Gasteiger partial charge on any atom is 0.340 e. The molecule has 9 heteroatoms. The molecule has 2 bridgehead atoms. The minimum absolute atomic E-state index is 0.0334. The van der Waals surface area contributed by atoms with Crippen molar-refractivity contribution in [1.29, 1.82) is 0 Å². The number of ether oxygens (including phenoxy) is 4. The lowest BCUT2D eigenvalue weighted by molar-refractivity contribution is -0.146. The molecule has 3 fully saturated rings. The highest BCUT2D eigenvalue weighted by Gasteiger charge is 2.63. The van der Waals surface area contributed by atoms with Crippen molar-refractivity contribution in [2.75, 3.05) is 0 Å². The van der Waals surface area contributed by atoms with Crippen LogP contribution in [0, 0.1) is 17.8 Å². The number of carbonyl (C=O) groups is 3. The Balaban J connectivity index is 0.000000144. The van der Waals surface area contributed by atoms with Crippen molar-refractivity contribution in [2.24, 2.45) is 17.8 Å². The van der Waals surface area contributed by atoms with E-state index >= 15 is 0 Å². The van der Waals surface area contributed by atoms with Crippen LogP contribution in [0.3, 0.4) is 0 Å². The van der Waals surface area contributed by atoms with Gasteiger partial charge < -0.3 is 29.2 Å². The summed E-state index contributed by atoms with van der Waals surface area (Å²) >= 11 is 0. The lowest BCUT2D eigenvalue weighted by Gasteiger charge is -2.36. The number of fused-ring (bicyclic) bond motifs is 8. The van der Waals surface area contributed by atoms with Crippen molar-refractivity contribution >= 4 is 28.7 Å². The van der Waals surface area contributed by atoms with Crippen LogP contribution in [0.1, 0.15) is 89.4 Å². The molecule has 1 saturated heterocycles. The first-order valence-electron chi connectivity index (χ1n) is 18.2. The SMILES string of the molecule is CC.CC(C)c1ccc(C(=O)OC2C3CC4C(=O)OC2C4C3)c2ccccc12.O=C1OC2(c3ccc(O)cc3Oc3cc(O)ccc32)c2ccccc21. The number of hydrogen-bond donors (Lipinski definition) is 2. The molecule has 0 aromatic heterocycles. The van der Waals surface area contributed by atoms with Gasteiger partial charge in [-0.3, -0.25) is 4.79 Å². The molecule has 1 spiro atoms. The largest absolute Gasteiger partial charge is 0.508 e. The summed E-state index contributed by atoms with van der Waals surface area (Å²) in [5.41, 5.74) is 3.10. The van der Waals surface area contributed by atoms with Crippen LogP contribution < -0.4 is 4.74 Å². The van der Waals surface area contributed by atoms with E-state index < -0.39 is 11.6 Å². The third-order valence-corrected chi connectivity index (χ3v) is 11.1. The molecule has 53 heavy (non-hydrogen) atoms. The van der Waals surface area contributed by atoms with Gasteiger partial charge in [0, 0.05) is 40.7 Å². The summed E-state index contributed by atoms with van der Waals surface area (Å²) in [4.78, 5) is 37.4. The van der Waals surface area contributed by atoms with E-state index in [0.29, 0.717) is 45.2 Å². The van der Waals surface area contributed by atoms with Crippen molar-refractivity contribution in [3.05, 3.63) is 130 Å². The van der Waals surface area contributed by atoms with Crippen LogP contribution in [0.2, 0.25) is 0 Å². The molecule has 3 aliphatic heterocycles. The fraction of sp³-hybridized carbons (Fsp3) is 0.295. The van der Waals surface area contributed by atoms with E-state index in [4.69, 9.17) is 18.9 Å². The van der Waals surface area contributed by atoms with E-state index in [1.54, 1.807) is 24.3 Å². The number of phenolic OH excluding ortho intramolecular Hbond substituents is 2. The lowest BCUT2D eigenvalue weighted by atomic mass is 9.77. The van der Waals surface area contributed by atoms with Crippen molar-refractivity contribution in [2.45, 2.75) is 64.3 Å². The molecule has 2 N–H and O–H groups in total. The fourth-order valence-corrected chi connectivity index (χ4v) is 8.91. The third-order valence-electron chi connectivity index (χ3n) is 11.1. The summed E-state index contributed by atoms with van der Waals surface area (Å²) in [6, 6.07) is 28.5. The summed E-state index contributed by atoms with van der Waals surface area (Å²) in [5, 5.41) is 21.7. The minimum atomic E-state index is -1.17. The van der Waals surface area contributed by atoms with Crippen molar-refractivity contribution in [3.8, 4) is 23.0 Å². The highest BCUT2D eigenvalue weighted by Crippen LogP contribution is 2.57. The Labute approximate surface area is 307 Å². The van der Waals surface area contributed by atoms with Gasteiger partial charge in [0.25, 0.3) is 0 Å². The molecule has 0 radical (unpaired) electrons. The van der Waals surface area contributed by atoms with Gasteiger partial charge in [-0.1, -0.05) is 76.2 Å². The quantitative estimate of drug-likeness (QED) is 0.139. The summed E-state index contributed by atoms with van der Waals surface area (Å²) in [6.45, 7) is 8.31. The molecule has 5 aliphatic rings. The molecule has 270 valence electrons. The Morgan fingerprint density at radius 1 is 0.792 bits per heavy atom. The Kier molecular flexibility index (Phi) is 8.40. The van der Waals surface area contributed by atoms with Gasteiger partial charge in [0.2, 0.25) is 0 Å². The van der Waals surface area contributed by atoms with Crippen LogP contribution in [0.5, 0.6) is 23.0 Å². The minimum Gasteiger partial charge on any atom is -0.508 e. The first kappa shape index (κ1) is 34.3. The van der Waals surface area contributed by atoms with E-state index in [9.17, 15) is 24.6 Å². The van der Waals surface area contributed by atoms with Gasteiger partial charge in [0.15, 0.2) is 5.60 Å². The summed E-state index contributed by atoms with van der Waals surface area (Å²) < 4.78 is 23.2. The zero-order valence-electron chi connectivity index (χ0n) is 29.9. The van der Waals surface area contributed by atoms with Crippen LogP contribution in [-0.4, -0.2) is 40.3 Å². The van der Waals surface area contributed by atoms with Crippen molar-refractivity contribution in [1.82, 2.24) is 0 Å². The average molecular weight is 713 g/mol. The van der Waals surface area contributed by atoms with Gasteiger partial charge >= 0.3 is 17.9 Å². The second kappa shape index (κ2) is 13.0. The highest BCUT2D eigenvalue weighted by molar-refractivity contribution is 6.05. The molecule has 5 atom stereocenters. The normalized spacial score (nSPS) is 23.1. The first-order chi connectivity index (χ1) is 25.6. The number of rotatable bonds is 3. The molecule has 5 aromatic rings. The number of benzene rings is 5. The topological polar surface area (TPSA) is 129 Å².